The first-order valence-corrected chi connectivity index (χ1v) is 5.17. The molecular formula is C8H6ClN3O2S. The largest absolute Gasteiger partial charge is 0.423 e. The number of hydrogen-bond acceptors (Lipinski definition) is 5. The summed E-state index contributed by atoms with van der Waals surface area (Å²) < 4.78 is 5.10. The predicted molar refractivity (Wildman–Crippen MR) is 58.4 cm³/mol. The number of carbonyl (C=O) groups is 1. The SMILES string of the molecule is Nc1oc(N(C=O)c2nccs2)cc1Cl. The number of nitrogens with zero attached hydrogens (tertiary/aromatic N) is 2. The van der Waals surface area contributed by atoms with Crippen LogP contribution in [0.25, 0.3) is 0 Å². The van der Waals surface area contributed by atoms with Gasteiger partial charge in [0.2, 0.25) is 18.2 Å². The minimum atomic E-state index is 0.0788. The fraction of sp³-hybridized carbons (Fsp3) is 0. The Morgan fingerprint density at radius 3 is 2.93 bits per heavy atom. The van der Waals surface area contributed by atoms with Crippen LogP contribution in [0.2, 0.25) is 5.02 Å². The van der Waals surface area contributed by atoms with Crippen molar-refractivity contribution in [2.45, 2.75) is 0 Å². The quantitative estimate of drug-likeness (QED) is 0.840. The number of amides is 1. The average molecular weight is 244 g/mol. The summed E-state index contributed by atoms with van der Waals surface area (Å²) in [5.74, 6) is 0.331. The van der Waals surface area contributed by atoms with E-state index >= 15 is 0 Å². The van der Waals surface area contributed by atoms with Gasteiger partial charge in [-0.15, -0.1) is 11.3 Å². The van der Waals surface area contributed by atoms with Crippen LogP contribution < -0.4 is 10.6 Å². The van der Waals surface area contributed by atoms with Crippen LogP contribution in [0, 0.1) is 0 Å². The molecule has 0 atom stereocenters. The number of anilines is 3. The fourth-order valence-electron chi connectivity index (χ4n) is 1.02. The van der Waals surface area contributed by atoms with Gasteiger partial charge in [0.05, 0.1) is 0 Å². The van der Waals surface area contributed by atoms with Crippen LogP contribution in [0.15, 0.2) is 22.1 Å². The van der Waals surface area contributed by atoms with Gasteiger partial charge in [0, 0.05) is 17.6 Å². The number of aromatic nitrogens is 1. The summed E-state index contributed by atoms with van der Waals surface area (Å²) in [5, 5.41) is 2.52. The van der Waals surface area contributed by atoms with Gasteiger partial charge < -0.3 is 10.2 Å². The van der Waals surface area contributed by atoms with Crippen LogP contribution in [-0.2, 0) is 4.79 Å². The van der Waals surface area contributed by atoms with Crippen molar-refractivity contribution in [3.63, 3.8) is 0 Å². The van der Waals surface area contributed by atoms with Crippen molar-refractivity contribution in [1.82, 2.24) is 4.98 Å². The summed E-state index contributed by atoms with van der Waals surface area (Å²) in [6, 6.07) is 1.46. The topological polar surface area (TPSA) is 72.4 Å². The van der Waals surface area contributed by atoms with Gasteiger partial charge in [0.25, 0.3) is 0 Å². The molecule has 1 amide bonds. The van der Waals surface area contributed by atoms with E-state index in [-0.39, 0.29) is 16.8 Å². The molecule has 2 aromatic heterocycles. The zero-order chi connectivity index (χ0) is 10.8. The highest BCUT2D eigenvalue weighted by atomic mass is 35.5. The maximum absolute atomic E-state index is 10.9. The summed E-state index contributed by atoms with van der Waals surface area (Å²) in [6.07, 6.45) is 2.18. The monoisotopic (exact) mass is 243 g/mol. The molecule has 2 heterocycles. The van der Waals surface area contributed by atoms with E-state index in [0.717, 1.165) is 0 Å². The molecule has 7 heteroatoms. The highest BCUT2D eigenvalue weighted by Crippen LogP contribution is 2.33. The molecule has 78 valence electrons. The van der Waals surface area contributed by atoms with Crippen molar-refractivity contribution in [1.29, 1.82) is 0 Å². The number of hydrogen-bond donors (Lipinski definition) is 1. The zero-order valence-corrected chi connectivity index (χ0v) is 8.96. The van der Waals surface area contributed by atoms with Crippen molar-refractivity contribution >= 4 is 46.2 Å². The van der Waals surface area contributed by atoms with Crippen LogP contribution in [0.5, 0.6) is 0 Å². The van der Waals surface area contributed by atoms with Crippen LogP contribution in [0.1, 0.15) is 0 Å². The molecule has 0 unspecified atom stereocenters. The van der Waals surface area contributed by atoms with E-state index in [2.05, 4.69) is 4.98 Å². The first kappa shape index (κ1) is 10.0. The standard InChI is InChI=1S/C8H6ClN3O2S/c9-5-3-6(14-7(5)10)12(4-13)8-11-1-2-15-8/h1-4H,10H2. The van der Waals surface area contributed by atoms with E-state index in [0.29, 0.717) is 11.5 Å². The summed E-state index contributed by atoms with van der Waals surface area (Å²) in [6.45, 7) is 0. The molecule has 0 aromatic carbocycles. The lowest BCUT2D eigenvalue weighted by Gasteiger charge is -2.08. The maximum atomic E-state index is 10.9. The number of nitrogens with two attached hydrogens (primary N) is 1. The molecule has 0 spiro atoms. The molecule has 15 heavy (non-hydrogen) atoms. The third-order valence-electron chi connectivity index (χ3n) is 1.67. The smallest absolute Gasteiger partial charge is 0.222 e. The van der Waals surface area contributed by atoms with E-state index in [9.17, 15) is 4.79 Å². The van der Waals surface area contributed by atoms with Gasteiger partial charge in [-0.3, -0.25) is 4.79 Å². The minimum absolute atomic E-state index is 0.0788. The number of rotatable bonds is 3. The van der Waals surface area contributed by atoms with Crippen LogP contribution in [0.4, 0.5) is 16.9 Å². The Labute approximate surface area is 94.1 Å². The van der Waals surface area contributed by atoms with Gasteiger partial charge in [-0.25, -0.2) is 9.88 Å². The molecule has 5 nitrogen and oxygen atoms in total. The molecule has 0 aliphatic heterocycles. The first-order chi connectivity index (χ1) is 7.22. The van der Waals surface area contributed by atoms with E-state index in [1.54, 1.807) is 11.6 Å². The Bertz CT molecular complexity index is 449. The Balaban J connectivity index is 2.39. The van der Waals surface area contributed by atoms with Gasteiger partial charge in [-0.2, -0.15) is 0 Å². The van der Waals surface area contributed by atoms with Crippen molar-refractivity contribution in [3.8, 4) is 0 Å². The van der Waals surface area contributed by atoms with Crippen molar-refractivity contribution < 1.29 is 9.21 Å². The zero-order valence-electron chi connectivity index (χ0n) is 7.38. The molecule has 2 N–H and O–H groups in total. The van der Waals surface area contributed by atoms with Crippen LogP contribution >= 0.6 is 22.9 Å². The summed E-state index contributed by atoms with van der Waals surface area (Å²) >= 11 is 7.02. The Hall–Kier alpha value is -1.53. The molecule has 0 fully saturated rings. The van der Waals surface area contributed by atoms with Crippen LogP contribution in [-0.4, -0.2) is 11.4 Å². The van der Waals surface area contributed by atoms with E-state index < -0.39 is 0 Å². The minimum Gasteiger partial charge on any atom is -0.423 e. The van der Waals surface area contributed by atoms with Crippen molar-refractivity contribution in [3.05, 3.63) is 22.7 Å². The fourth-order valence-corrected chi connectivity index (χ4v) is 1.76. The van der Waals surface area contributed by atoms with Crippen LogP contribution in [0.3, 0.4) is 0 Å². The normalized spacial score (nSPS) is 10.2. The van der Waals surface area contributed by atoms with E-state index in [1.807, 2.05) is 0 Å². The summed E-state index contributed by atoms with van der Waals surface area (Å²) in [4.78, 5) is 16.1. The maximum Gasteiger partial charge on any atom is 0.222 e. The molecule has 2 aromatic rings. The lowest BCUT2D eigenvalue weighted by atomic mass is 10.5. The Kier molecular flexibility index (Phi) is 2.61. The summed E-state index contributed by atoms with van der Waals surface area (Å²) in [7, 11) is 0. The van der Waals surface area contributed by atoms with Gasteiger partial charge >= 0.3 is 0 Å². The average Bonchev–Trinajstić information content (AvgIpc) is 2.80. The van der Waals surface area contributed by atoms with Crippen molar-refractivity contribution in [2.24, 2.45) is 0 Å². The molecule has 0 radical (unpaired) electrons. The second-order valence-electron chi connectivity index (χ2n) is 2.59. The number of furan rings is 1. The second-order valence-corrected chi connectivity index (χ2v) is 3.87. The molecule has 0 aliphatic rings. The van der Waals surface area contributed by atoms with Gasteiger partial charge in [-0.05, 0) is 0 Å². The molecule has 2 rings (SSSR count). The number of thiazole rings is 1. The third-order valence-corrected chi connectivity index (χ3v) is 2.73. The highest BCUT2D eigenvalue weighted by molar-refractivity contribution is 7.13. The molecule has 0 saturated carbocycles. The Morgan fingerprint density at radius 1 is 1.67 bits per heavy atom. The lowest BCUT2D eigenvalue weighted by Crippen LogP contribution is -2.12. The Morgan fingerprint density at radius 2 is 2.47 bits per heavy atom. The van der Waals surface area contributed by atoms with Gasteiger partial charge in [-0.1, -0.05) is 11.6 Å². The van der Waals surface area contributed by atoms with Crippen molar-refractivity contribution in [2.75, 3.05) is 10.6 Å². The number of halogens is 1. The van der Waals surface area contributed by atoms with E-state index in [1.165, 1.54) is 22.3 Å². The molecular weight excluding hydrogens is 238 g/mol. The van der Waals surface area contributed by atoms with Gasteiger partial charge in [0.15, 0.2) is 5.13 Å². The molecule has 0 bridgehead atoms. The lowest BCUT2D eigenvalue weighted by molar-refractivity contribution is -0.107. The molecule has 0 aliphatic carbocycles. The second kappa shape index (κ2) is 3.92. The highest BCUT2D eigenvalue weighted by Gasteiger charge is 2.16. The predicted octanol–water partition coefficient (Wildman–Crippen LogP) is 2.27. The third kappa shape index (κ3) is 1.81. The molecule has 0 saturated heterocycles. The summed E-state index contributed by atoms with van der Waals surface area (Å²) in [5.41, 5.74) is 5.43. The van der Waals surface area contributed by atoms with Gasteiger partial charge in [0.1, 0.15) is 5.02 Å². The first-order valence-electron chi connectivity index (χ1n) is 3.91. The number of nitrogen functional groups attached to an aromatic ring is 1. The number of carbonyl (C=O) groups excluding carboxylic acids is 1. The van der Waals surface area contributed by atoms with E-state index in [4.69, 9.17) is 21.8 Å².